The van der Waals surface area contributed by atoms with Gasteiger partial charge in [-0.15, -0.1) is 0 Å². The summed E-state index contributed by atoms with van der Waals surface area (Å²) in [4.78, 5) is 137. The number of nitrogens with two attached hydrogens (primary N) is 2. The molecule has 69 heavy (non-hydrogen) atoms. The van der Waals surface area contributed by atoms with Crippen LogP contribution in [0.3, 0.4) is 0 Å². The van der Waals surface area contributed by atoms with Gasteiger partial charge in [0.25, 0.3) is 0 Å². The second-order valence-electron chi connectivity index (χ2n) is 16.5. The predicted molar refractivity (Wildman–Crippen MR) is 254 cm³/mol. The fourth-order valence-electron chi connectivity index (χ4n) is 7.17. The molecule has 2 aromatic heterocycles. The molecule has 4 aromatic rings. The molecule has 8 amide bonds. The van der Waals surface area contributed by atoms with E-state index in [0.717, 1.165) is 0 Å². The smallest absolute Gasteiger partial charge is 0.325 e. The van der Waals surface area contributed by atoms with Gasteiger partial charge in [0.05, 0.1) is 19.0 Å². The van der Waals surface area contributed by atoms with Crippen LogP contribution in [-0.2, 0) is 60.8 Å². The molecule has 0 saturated heterocycles. The number of aromatic nitrogens is 2. The summed E-state index contributed by atoms with van der Waals surface area (Å²) in [6, 6.07) is 4.07. The van der Waals surface area contributed by atoms with Crippen LogP contribution >= 0.6 is 12.6 Å². The summed E-state index contributed by atoms with van der Waals surface area (Å²) in [6.07, 6.45) is 1.28. The van der Waals surface area contributed by atoms with E-state index in [0.29, 0.717) is 39.4 Å². The summed E-state index contributed by atoms with van der Waals surface area (Å²) < 4.78 is 0. The average molecular weight is 978 g/mol. The van der Waals surface area contributed by atoms with E-state index < -0.39 is 133 Å². The van der Waals surface area contributed by atoms with Gasteiger partial charge in [0.15, 0.2) is 0 Å². The highest BCUT2D eigenvalue weighted by Crippen LogP contribution is 2.21. The monoisotopic (exact) mass is 977 g/mol. The summed E-state index contributed by atoms with van der Waals surface area (Å²) in [5.74, 6) is -10.7. The maximum atomic E-state index is 14.4. The molecule has 0 spiro atoms. The number of nitrogens with one attached hydrogen (secondary N) is 9. The van der Waals surface area contributed by atoms with Gasteiger partial charge in [0.1, 0.15) is 36.3 Å². The van der Waals surface area contributed by atoms with Gasteiger partial charge in [0.2, 0.25) is 47.3 Å². The van der Waals surface area contributed by atoms with E-state index >= 15 is 0 Å². The minimum Gasteiger partial charge on any atom is -0.481 e. The Morgan fingerprint density at radius 2 is 1.14 bits per heavy atom. The van der Waals surface area contributed by atoms with Crippen molar-refractivity contribution in [2.24, 2.45) is 17.4 Å². The molecule has 15 N–H and O–H groups in total. The number of aliphatic carboxylic acids is 2. The summed E-state index contributed by atoms with van der Waals surface area (Å²) in [5.41, 5.74) is 13.8. The van der Waals surface area contributed by atoms with Crippen LogP contribution in [0.2, 0.25) is 0 Å². The van der Waals surface area contributed by atoms with E-state index in [2.05, 4.69) is 59.8 Å². The molecule has 0 radical (unpaired) electrons. The van der Waals surface area contributed by atoms with Gasteiger partial charge in [0, 0.05) is 59.2 Å². The Labute approximate surface area is 401 Å². The summed E-state index contributed by atoms with van der Waals surface area (Å²) in [7, 11) is 0. The van der Waals surface area contributed by atoms with Crippen LogP contribution in [0.25, 0.3) is 21.8 Å². The van der Waals surface area contributed by atoms with Crippen molar-refractivity contribution < 1.29 is 58.2 Å². The van der Waals surface area contributed by atoms with Crippen molar-refractivity contribution >= 4 is 93.6 Å². The van der Waals surface area contributed by atoms with Crippen LogP contribution in [0.1, 0.15) is 57.6 Å². The van der Waals surface area contributed by atoms with Crippen LogP contribution < -0.4 is 48.7 Å². The lowest BCUT2D eigenvalue weighted by molar-refractivity contribution is -0.141. The number of carbonyl (C=O) groups excluding carboxylic acids is 8. The third-order valence-corrected chi connectivity index (χ3v) is 11.7. The number of amides is 8. The number of primary amides is 1. The molecule has 0 saturated carbocycles. The molecule has 0 aliphatic rings. The predicted octanol–water partition coefficient (Wildman–Crippen LogP) is -1.39. The number of hydrogen-bond acceptors (Lipinski definition) is 12. The van der Waals surface area contributed by atoms with Crippen LogP contribution in [0.15, 0.2) is 60.9 Å². The average Bonchev–Trinajstić information content (AvgIpc) is 3.93. The number of hydrogen-bond donors (Lipinski definition) is 14. The van der Waals surface area contributed by atoms with Crippen molar-refractivity contribution in [3.8, 4) is 0 Å². The molecule has 4 rings (SSSR count). The molecule has 0 bridgehead atoms. The van der Waals surface area contributed by atoms with E-state index in [4.69, 9.17) is 16.6 Å². The first-order valence-corrected chi connectivity index (χ1v) is 22.6. The van der Waals surface area contributed by atoms with Gasteiger partial charge in [-0.1, -0.05) is 56.7 Å². The number of H-pyrrole nitrogens is 2. The van der Waals surface area contributed by atoms with Crippen molar-refractivity contribution in [1.82, 2.24) is 47.2 Å². The molecule has 0 aliphatic heterocycles. The maximum absolute atomic E-state index is 14.4. The Balaban J connectivity index is 1.63. The Kier molecular flexibility index (Phi) is 20.1. The van der Waals surface area contributed by atoms with E-state index in [-0.39, 0.29) is 18.6 Å². The third kappa shape index (κ3) is 15.8. The first kappa shape index (κ1) is 54.1. The van der Waals surface area contributed by atoms with E-state index in [1.807, 2.05) is 0 Å². The lowest BCUT2D eigenvalue weighted by Crippen LogP contribution is -2.61. The summed E-state index contributed by atoms with van der Waals surface area (Å²) in [5, 5.41) is 37.5. The van der Waals surface area contributed by atoms with E-state index in [1.165, 1.54) is 6.92 Å². The second kappa shape index (κ2) is 25.6. The Hall–Kier alpha value is -7.47. The van der Waals surface area contributed by atoms with Gasteiger partial charge in [-0.25, -0.2) is 0 Å². The molecule has 0 unspecified atom stereocenters. The molecular formula is C45H59N11O12S. The highest BCUT2D eigenvalue weighted by Gasteiger charge is 2.35. The highest BCUT2D eigenvalue weighted by atomic mass is 32.1. The molecule has 0 aliphatic carbocycles. The zero-order chi connectivity index (χ0) is 50.9. The SMILES string of the molecule is CC[C@H](C)[C@H](NC(=O)[C@@H](N)CS)C(=O)N[C@@H](Cc1c[nH]c2ccccc12)C(=O)N[C@@H](CCC(N)=O)C(=O)N[C@@H](CC(=O)O)C(=O)N[C@@H](Cc1c[nH]c2ccccc12)C(=O)NCC(=O)N[C@@H](C)C(=O)O. The van der Waals surface area contributed by atoms with Crippen LogP contribution in [0.4, 0.5) is 0 Å². The molecule has 0 fully saturated rings. The molecule has 2 heterocycles. The van der Waals surface area contributed by atoms with Gasteiger partial charge in [-0.05, 0) is 42.5 Å². The Morgan fingerprint density at radius 3 is 1.67 bits per heavy atom. The first-order valence-electron chi connectivity index (χ1n) is 22.0. The lowest BCUT2D eigenvalue weighted by Gasteiger charge is -2.28. The largest absolute Gasteiger partial charge is 0.481 e. The molecule has 2 aromatic carbocycles. The molecule has 24 heteroatoms. The van der Waals surface area contributed by atoms with Gasteiger partial charge >= 0.3 is 11.9 Å². The fraction of sp³-hybridized carbons (Fsp3) is 0.422. The molecule has 372 valence electrons. The minimum atomic E-state index is -1.91. The number of rotatable bonds is 27. The summed E-state index contributed by atoms with van der Waals surface area (Å²) >= 11 is 4.07. The quantitative estimate of drug-likeness (QED) is 0.0307. The molecule has 23 nitrogen and oxygen atoms in total. The molecular weight excluding hydrogens is 919 g/mol. The minimum absolute atomic E-state index is 0.0198. The van der Waals surface area contributed by atoms with Gasteiger partial charge in [-0.3, -0.25) is 47.9 Å². The Morgan fingerprint density at radius 1 is 0.652 bits per heavy atom. The highest BCUT2D eigenvalue weighted by molar-refractivity contribution is 7.80. The van der Waals surface area contributed by atoms with Gasteiger partial charge in [-0.2, -0.15) is 12.6 Å². The number of fused-ring (bicyclic) bond motifs is 2. The summed E-state index contributed by atoms with van der Waals surface area (Å²) in [6.45, 7) is 4.00. The second-order valence-corrected chi connectivity index (χ2v) is 16.8. The number of thiol groups is 1. The van der Waals surface area contributed by atoms with Crippen molar-refractivity contribution in [3.63, 3.8) is 0 Å². The lowest BCUT2D eigenvalue weighted by atomic mass is 9.96. The topological polar surface area (TPSA) is 379 Å². The van der Waals surface area contributed by atoms with Crippen LogP contribution in [0.5, 0.6) is 0 Å². The van der Waals surface area contributed by atoms with Crippen molar-refractivity contribution in [1.29, 1.82) is 0 Å². The number of carboxylic acid groups (broad SMARTS) is 2. The Bertz CT molecular complexity index is 2530. The number of para-hydroxylation sites is 2. The number of carboxylic acids is 2. The zero-order valence-electron chi connectivity index (χ0n) is 38.1. The number of aromatic amines is 2. The van der Waals surface area contributed by atoms with Crippen molar-refractivity contribution in [2.75, 3.05) is 12.3 Å². The first-order chi connectivity index (χ1) is 32.7. The third-order valence-electron chi connectivity index (χ3n) is 11.3. The van der Waals surface area contributed by atoms with Gasteiger partial charge < -0.3 is 68.9 Å². The fourth-order valence-corrected chi connectivity index (χ4v) is 7.33. The van der Waals surface area contributed by atoms with Crippen molar-refractivity contribution in [3.05, 3.63) is 72.1 Å². The zero-order valence-corrected chi connectivity index (χ0v) is 39.0. The van der Waals surface area contributed by atoms with E-state index in [9.17, 15) is 53.1 Å². The van der Waals surface area contributed by atoms with Crippen LogP contribution in [0, 0.1) is 5.92 Å². The van der Waals surface area contributed by atoms with Crippen molar-refractivity contribution in [2.45, 2.75) is 102 Å². The molecule has 8 atom stereocenters. The standard InChI is InChI=1S/C45H59N11O12S/c1-4-22(2)38(56-39(61)28(46)21-69)44(66)55-33(16-25-19-49-30-12-8-6-10-27(25)30)42(64)52-31(13-14-35(47)57)41(63)54-34(17-37(59)60)43(65)53-32(15-24-18-48-29-11-7-5-9-26(24)29)40(62)50-20-36(58)51-23(3)45(67)68/h5-12,18-19,22-23,28,31-34,38,48-49,69H,4,13-17,20-21,46H2,1-3H3,(H2,47,57)(H,50,62)(H,51,58)(H,52,64)(H,53,65)(H,54,63)(H,55,66)(H,56,61)(H,59,60)(H,67,68)/t22-,23-,28-,31-,32-,33-,34-,38-/m0/s1. The number of benzene rings is 2. The normalized spacial score (nSPS) is 14.6. The number of carbonyl (C=O) groups is 10. The van der Waals surface area contributed by atoms with E-state index in [1.54, 1.807) is 74.8 Å². The van der Waals surface area contributed by atoms with Crippen LogP contribution in [-0.4, -0.2) is 134 Å². The maximum Gasteiger partial charge on any atom is 0.325 e.